The number of hydrogen-bond acceptors (Lipinski definition) is 5. The van der Waals surface area contributed by atoms with E-state index in [2.05, 4.69) is 5.10 Å². The van der Waals surface area contributed by atoms with Gasteiger partial charge in [0.25, 0.3) is 0 Å². The van der Waals surface area contributed by atoms with Crippen LogP contribution in [0.15, 0.2) is 78.9 Å². The molecule has 2 aromatic heterocycles. The highest BCUT2D eigenvalue weighted by atomic mass is 16.5. The van der Waals surface area contributed by atoms with E-state index in [1.165, 1.54) is 0 Å². The number of hydrogen-bond donors (Lipinski definition) is 0. The molecule has 0 aliphatic rings. The van der Waals surface area contributed by atoms with Gasteiger partial charge < -0.3 is 4.74 Å². The molecule has 5 aromatic rings. The first-order valence-electron chi connectivity index (χ1n) is 9.14. The average molecular weight is 380 g/mol. The van der Waals surface area contributed by atoms with Crippen LogP contribution in [-0.4, -0.2) is 32.6 Å². The lowest BCUT2D eigenvalue weighted by Gasteiger charge is -2.02. The summed E-state index contributed by atoms with van der Waals surface area (Å²) in [4.78, 5) is 22.7. The Morgan fingerprint density at radius 2 is 1.48 bits per heavy atom. The molecule has 0 bridgehead atoms. The fourth-order valence-corrected chi connectivity index (χ4v) is 3.27. The summed E-state index contributed by atoms with van der Waals surface area (Å²) >= 11 is 0. The monoisotopic (exact) mass is 380 g/mol. The molecular formula is C23H16N4O2. The molecule has 0 fully saturated rings. The number of carbonyl (C=O) groups is 1. The number of aromatic nitrogens is 4. The van der Waals surface area contributed by atoms with Crippen LogP contribution in [0.3, 0.4) is 0 Å². The Morgan fingerprint density at radius 3 is 2.17 bits per heavy atom. The van der Waals surface area contributed by atoms with Crippen molar-refractivity contribution in [1.29, 1.82) is 0 Å². The van der Waals surface area contributed by atoms with E-state index in [9.17, 15) is 4.79 Å². The molecule has 5 rings (SSSR count). The number of benzene rings is 3. The summed E-state index contributed by atoms with van der Waals surface area (Å²) in [6.45, 7) is 0. The number of carbonyl (C=O) groups excluding carboxylic acids is 1. The van der Waals surface area contributed by atoms with E-state index in [1.807, 2.05) is 54.6 Å². The second kappa shape index (κ2) is 6.83. The Balaban J connectivity index is 1.75. The number of fused-ring (bicyclic) bond motifs is 2. The summed E-state index contributed by atoms with van der Waals surface area (Å²) in [6, 6.07) is 24.2. The van der Waals surface area contributed by atoms with Gasteiger partial charge in [0.1, 0.15) is 11.3 Å². The second-order valence-corrected chi connectivity index (χ2v) is 6.54. The predicted octanol–water partition coefficient (Wildman–Crippen LogP) is 4.21. The molecule has 2 heterocycles. The molecule has 0 unspecified atom stereocenters. The fourth-order valence-electron chi connectivity index (χ4n) is 3.27. The molecule has 6 nitrogen and oxygen atoms in total. The van der Waals surface area contributed by atoms with Gasteiger partial charge in [-0.2, -0.15) is 5.10 Å². The van der Waals surface area contributed by atoms with E-state index >= 15 is 0 Å². The van der Waals surface area contributed by atoms with E-state index in [0.29, 0.717) is 22.5 Å². The van der Waals surface area contributed by atoms with Crippen LogP contribution in [0.4, 0.5) is 0 Å². The summed E-state index contributed by atoms with van der Waals surface area (Å²) in [6.07, 6.45) is 0. The Bertz CT molecular complexity index is 1340. The van der Waals surface area contributed by atoms with E-state index in [0.717, 1.165) is 16.7 Å². The molecule has 0 spiro atoms. The van der Waals surface area contributed by atoms with Crippen molar-refractivity contribution in [1.82, 2.24) is 19.7 Å². The van der Waals surface area contributed by atoms with Gasteiger partial charge in [-0.05, 0) is 48.5 Å². The fraction of sp³-hybridized carbons (Fsp3) is 0.0435. The summed E-state index contributed by atoms with van der Waals surface area (Å²) in [5.74, 6) is 0.476. The van der Waals surface area contributed by atoms with Gasteiger partial charge in [0.15, 0.2) is 11.3 Å². The molecular weight excluding hydrogens is 364 g/mol. The first-order valence-corrected chi connectivity index (χ1v) is 9.14. The van der Waals surface area contributed by atoms with Crippen molar-refractivity contribution in [2.24, 2.45) is 0 Å². The molecule has 0 aliphatic heterocycles. The van der Waals surface area contributed by atoms with Crippen LogP contribution in [0.5, 0.6) is 5.75 Å². The van der Waals surface area contributed by atoms with Gasteiger partial charge in [-0.3, -0.25) is 4.79 Å². The van der Waals surface area contributed by atoms with Gasteiger partial charge in [0.2, 0.25) is 5.78 Å². The smallest absolute Gasteiger partial charge is 0.215 e. The molecule has 0 N–H and O–H groups in total. The van der Waals surface area contributed by atoms with E-state index in [1.54, 1.807) is 36.1 Å². The minimum Gasteiger partial charge on any atom is -0.497 e. The molecule has 0 atom stereocenters. The summed E-state index contributed by atoms with van der Waals surface area (Å²) < 4.78 is 6.85. The third-order valence-corrected chi connectivity index (χ3v) is 4.75. The van der Waals surface area contributed by atoms with Crippen molar-refractivity contribution in [2.75, 3.05) is 7.11 Å². The van der Waals surface area contributed by atoms with Crippen LogP contribution in [0.25, 0.3) is 27.9 Å². The predicted molar refractivity (Wildman–Crippen MR) is 111 cm³/mol. The number of para-hydroxylation sites is 3. The summed E-state index contributed by atoms with van der Waals surface area (Å²) in [5.41, 5.74) is 4.10. The molecule has 0 amide bonds. The number of methoxy groups -OCH3 is 1. The van der Waals surface area contributed by atoms with Crippen LogP contribution in [0, 0.1) is 0 Å². The van der Waals surface area contributed by atoms with Crippen LogP contribution in [0.2, 0.25) is 0 Å². The van der Waals surface area contributed by atoms with Crippen molar-refractivity contribution >= 4 is 28.0 Å². The molecule has 6 heteroatoms. The Labute approximate surface area is 166 Å². The van der Waals surface area contributed by atoms with Crippen molar-refractivity contribution in [3.63, 3.8) is 0 Å². The molecule has 29 heavy (non-hydrogen) atoms. The molecule has 0 saturated carbocycles. The molecule has 0 radical (unpaired) electrons. The highest BCUT2D eigenvalue weighted by Crippen LogP contribution is 2.24. The maximum Gasteiger partial charge on any atom is 0.215 e. The number of nitrogens with zero attached hydrogens (tertiary/aromatic N) is 4. The first kappa shape index (κ1) is 17.1. The maximum atomic E-state index is 13.3. The topological polar surface area (TPSA) is 69.9 Å². The van der Waals surface area contributed by atoms with Gasteiger partial charge in [0.05, 0.1) is 23.8 Å². The van der Waals surface area contributed by atoms with Crippen molar-refractivity contribution in [3.8, 4) is 11.4 Å². The van der Waals surface area contributed by atoms with Gasteiger partial charge in [-0.1, -0.05) is 30.3 Å². The second-order valence-electron chi connectivity index (χ2n) is 6.54. The van der Waals surface area contributed by atoms with Gasteiger partial charge in [-0.25, -0.2) is 14.6 Å². The minimum absolute atomic E-state index is 0.211. The van der Waals surface area contributed by atoms with Crippen LogP contribution >= 0.6 is 0 Å². The standard InChI is InChI=1S/C23H16N4O2/c1-29-17-13-11-15(12-14-17)22(28)20-21-23(25-19-10-6-5-9-18(19)24-21)27(26-20)16-7-3-2-4-8-16/h2-14H,1H3. The van der Waals surface area contributed by atoms with E-state index in [4.69, 9.17) is 14.7 Å². The first-order chi connectivity index (χ1) is 14.2. The minimum atomic E-state index is -0.211. The number of ether oxygens (including phenoxy) is 1. The lowest BCUT2D eigenvalue weighted by Crippen LogP contribution is -2.04. The maximum absolute atomic E-state index is 13.3. The molecule has 0 aliphatic carbocycles. The van der Waals surface area contributed by atoms with Gasteiger partial charge >= 0.3 is 0 Å². The molecule has 140 valence electrons. The highest BCUT2D eigenvalue weighted by Gasteiger charge is 2.22. The number of ketones is 1. The number of rotatable bonds is 4. The zero-order chi connectivity index (χ0) is 19.8. The van der Waals surface area contributed by atoms with Crippen molar-refractivity contribution in [2.45, 2.75) is 0 Å². The Morgan fingerprint density at radius 1 is 0.828 bits per heavy atom. The highest BCUT2D eigenvalue weighted by molar-refractivity contribution is 6.14. The molecule has 0 saturated heterocycles. The van der Waals surface area contributed by atoms with Crippen LogP contribution < -0.4 is 4.74 Å². The van der Waals surface area contributed by atoms with Crippen LogP contribution in [-0.2, 0) is 0 Å². The zero-order valence-corrected chi connectivity index (χ0v) is 15.6. The molecule has 3 aromatic carbocycles. The lowest BCUT2D eigenvalue weighted by molar-refractivity contribution is 0.103. The SMILES string of the molecule is COc1ccc(C(=O)c2nn(-c3ccccc3)c3nc4ccccc4nc23)cc1. The zero-order valence-electron chi connectivity index (χ0n) is 15.6. The Kier molecular flexibility index (Phi) is 4.02. The van der Waals surface area contributed by atoms with E-state index in [-0.39, 0.29) is 11.5 Å². The summed E-state index contributed by atoms with van der Waals surface area (Å²) in [7, 11) is 1.59. The van der Waals surface area contributed by atoms with E-state index < -0.39 is 0 Å². The Hall–Kier alpha value is -4.06. The third kappa shape index (κ3) is 2.91. The average Bonchev–Trinajstić information content (AvgIpc) is 3.16. The van der Waals surface area contributed by atoms with Crippen LogP contribution in [0.1, 0.15) is 16.1 Å². The van der Waals surface area contributed by atoms with Crippen molar-refractivity contribution in [3.05, 3.63) is 90.1 Å². The van der Waals surface area contributed by atoms with Crippen molar-refractivity contribution < 1.29 is 9.53 Å². The normalized spacial score (nSPS) is 11.1. The largest absolute Gasteiger partial charge is 0.497 e. The van der Waals surface area contributed by atoms with Gasteiger partial charge in [0, 0.05) is 5.56 Å². The quantitative estimate of drug-likeness (QED) is 0.437. The third-order valence-electron chi connectivity index (χ3n) is 4.75. The summed E-state index contributed by atoms with van der Waals surface area (Å²) in [5, 5.41) is 4.61. The van der Waals surface area contributed by atoms with Gasteiger partial charge in [-0.15, -0.1) is 0 Å². The lowest BCUT2D eigenvalue weighted by atomic mass is 10.1.